The van der Waals surface area contributed by atoms with Crippen molar-refractivity contribution in [3.05, 3.63) is 0 Å². The number of amides is 1. The average molecular weight is 258 g/mol. The first-order chi connectivity index (χ1) is 8.65. The highest BCUT2D eigenvalue weighted by molar-refractivity contribution is 5.64. The molecule has 0 heterocycles. The number of hydrogen-bond acceptors (Lipinski definition) is 2. The van der Waals surface area contributed by atoms with Crippen molar-refractivity contribution in [2.75, 3.05) is 32.7 Å². The fourth-order valence-corrected chi connectivity index (χ4v) is 1.97. The summed E-state index contributed by atoms with van der Waals surface area (Å²) in [6, 6.07) is 0. The monoisotopic (exact) mass is 258 g/mol. The Morgan fingerprint density at radius 3 is 1.78 bits per heavy atom. The van der Waals surface area contributed by atoms with Crippen molar-refractivity contribution >= 4 is 6.09 Å². The predicted molar refractivity (Wildman–Crippen MR) is 76.1 cm³/mol. The summed E-state index contributed by atoms with van der Waals surface area (Å²) in [5.74, 6) is 0. The molecule has 0 aliphatic rings. The van der Waals surface area contributed by atoms with Crippen molar-refractivity contribution in [2.45, 2.75) is 52.9 Å². The molecule has 4 heteroatoms. The summed E-state index contributed by atoms with van der Waals surface area (Å²) in [4.78, 5) is 14.8. The lowest BCUT2D eigenvalue weighted by atomic mass is 10.2. The fraction of sp³-hybridized carbons (Fsp3) is 0.929. The Labute approximate surface area is 112 Å². The van der Waals surface area contributed by atoms with Crippen molar-refractivity contribution in [2.24, 2.45) is 0 Å². The molecule has 0 saturated heterocycles. The molecule has 0 spiro atoms. The van der Waals surface area contributed by atoms with Crippen LogP contribution >= 0.6 is 0 Å². The largest absolute Gasteiger partial charge is 0.465 e. The van der Waals surface area contributed by atoms with Crippen LogP contribution in [0.2, 0.25) is 0 Å². The Morgan fingerprint density at radius 1 is 0.889 bits per heavy atom. The third-order valence-corrected chi connectivity index (χ3v) is 3.21. The van der Waals surface area contributed by atoms with Crippen LogP contribution < -0.4 is 0 Å². The molecule has 1 amide bonds. The molecule has 0 bridgehead atoms. The van der Waals surface area contributed by atoms with E-state index in [1.165, 1.54) is 30.6 Å². The Kier molecular flexibility index (Phi) is 10.8. The second-order valence-electron chi connectivity index (χ2n) is 4.76. The van der Waals surface area contributed by atoms with Gasteiger partial charge in [-0.3, -0.25) is 0 Å². The van der Waals surface area contributed by atoms with Gasteiger partial charge in [0, 0.05) is 13.1 Å². The van der Waals surface area contributed by atoms with Crippen LogP contribution in [0.4, 0.5) is 4.79 Å². The van der Waals surface area contributed by atoms with E-state index in [1.807, 2.05) is 6.92 Å². The SMILES string of the molecule is CCCCN(CCCC)CCCN(CC)C(=O)O. The van der Waals surface area contributed by atoms with Gasteiger partial charge in [-0.2, -0.15) is 0 Å². The lowest BCUT2D eigenvalue weighted by Gasteiger charge is -2.23. The van der Waals surface area contributed by atoms with Gasteiger partial charge in [0.1, 0.15) is 0 Å². The topological polar surface area (TPSA) is 43.8 Å². The first-order valence-electron chi connectivity index (χ1n) is 7.35. The van der Waals surface area contributed by atoms with E-state index in [4.69, 9.17) is 5.11 Å². The third-order valence-electron chi connectivity index (χ3n) is 3.21. The summed E-state index contributed by atoms with van der Waals surface area (Å²) < 4.78 is 0. The molecule has 0 aromatic heterocycles. The van der Waals surface area contributed by atoms with Crippen molar-refractivity contribution in [1.82, 2.24) is 9.80 Å². The van der Waals surface area contributed by atoms with E-state index in [0.29, 0.717) is 13.1 Å². The van der Waals surface area contributed by atoms with Crippen molar-refractivity contribution in [3.8, 4) is 0 Å². The van der Waals surface area contributed by atoms with Crippen LogP contribution in [0, 0.1) is 0 Å². The molecule has 0 atom stereocenters. The van der Waals surface area contributed by atoms with Crippen LogP contribution in [0.3, 0.4) is 0 Å². The zero-order valence-corrected chi connectivity index (χ0v) is 12.3. The van der Waals surface area contributed by atoms with E-state index in [0.717, 1.165) is 26.1 Å². The lowest BCUT2D eigenvalue weighted by molar-refractivity contribution is 0.144. The average Bonchev–Trinajstić information content (AvgIpc) is 2.36. The maximum atomic E-state index is 10.9. The summed E-state index contributed by atoms with van der Waals surface area (Å²) in [6.45, 7) is 10.9. The highest BCUT2D eigenvalue weighted by Crippen LogP contribution is 2.02. The molecule has 0 aromatic carbocycles. The summed E-state index contributed by atoms with van der Waals surface area (Å²) in [6.07, 6.45) is 5.05. The Balaban J connectivity index is 3.88. The number of hydrogen-bond donors (Lipinski definition) is 1. The van der Waals surface area contributed by atoms with Crippen molar-refractivity contribution < 1.29 is 9.90 Å². The van der Waals surface area contributed by atoms with Gasteiger partial charge in [-0.05, 0) is 45.8 Å². The molecule has 0 fully saturated rings. The zero-order valence-electron chi connectivity index (χ0n) is 12.3. The minimum atomic E-state index is -0.800. The molecule has 0 rings (SSSR count). The molecule has 0 aliphatic heterocycles. The highest BCUT2D eigenvalue weighted by Gasteiger charge is 2.09. The fourth-order valence-electron chi connectivity index (χ4n) is 1.97. The molecule has 1 N–H and O–H groups in total. The number of rotatable bonds is 11. The second kappa shape index (κ2) is 11.3. The van der Waals surface area contributed by atoms with Crippen LogP contribution in [0.5, 0.6) is 0 Å². The summed E-state index contributed by atoms with van der Waals surface area (Å²) >= 11 is 0. The van der Waals surface area contributed by atoms with Gasteiger partial charge >= 0.3 is 6.09 Å². The highest BCUT2D eigenvalue weighted by atomic mass is 16.4. The standard InChI is InChI=1S/C14H30N2O2/c1-4-7-10-15(11-8-5-2)12-9-13-16(6-3)14(17)18/h4-13H2,1-3H3,(H,17,18). The van der Waals surface area contributed by atoms with Crippen LogP contribution in [-0.2, 0) is 0 Å². The molecule has 0 saturated carbocycles. The molecule has 0 aromatic rings. The van der Waals surface area contributed by atoms with Gasteiger partial charge in [0.2, 0.25) is 0 Å². The smallest absolute Gasteiger partial charge is 0.407 e. The number of carboxylic acid groups (broad SMARTS) is 1. The van der Waals surface area contributed by atoms with Gasteiger partial charge in [-0.1, -0.05) is 26.7 Å². The second-order valence-corrected chi connectivity index (χ2v) is 4.76. The van der Waals surface area contributed by atoms with E-state index in [1.54, 1.807) is 0 Å². The van der Waals surface area contributed by atoms with Crippen molar-refractivity contribution in [1.29, 1.82) is 0 Å². The first kappa shape index (κ1) is 17.2. The van der Waals surface area contributed by atoms with Gasteiger partial charge in [0.15, 0.2) is 0 Å². The van der Waals surface area contributed by atoms with E-state index in [-0.39, 0.29) is 0 Å². The maximum absolute atomic E-state index is 10.9. The zero-order chi connectivity index (χ0) is 13.8. The number of carbonyl (C=O) groups is 1. The quantitative estimate of drug-likeness (QED) is 0.618. The van der Waals surface area contributed by atoms with Crippen LogP contribution in [0.25, 0.3) is 0 Å². The van der Waals surface area contributed by atoms with Gasteiger partial charge in [-0.25, -0.2) is 4.79 Å². The molecular weight excluding hydrogens is 228 g/mol. The van der Waals surface area contributed by atoms with Crippen LogP contribution in [0.15, 0.2) is 0 Å². The number of unbranched alkanes of at least 4 members (excludes halogenated alkanes) is 2. The van der Waals surface area contributed by atoms with E-state index >= 15 is 0 Å². The maximum Gasteiger partial charge on any atom is 0.407 e. The molecular formula is C14H30N2O2. The van der Waals surface area contributed by atoms with Gasteiger partial charge < -0.3 is 14.9 Å². The van der Waals surface area contributed by atoms with E-state index in [9.17, 15) is 4.79 Å². The summed E-state index contributed by atoms with van der Waals surface area (Å²) in [7, 11) is 0. The Morgan fingerprint density at radius 2 is 1.39 bits per heavy atom. The normalized spacial score (nSPS) is 10.9. The van der Waals surface area contributed by atoms with Gasteiger partial charge in [-0.15, -0.1) is 0 Å². The molecule has 0 unspecified atom stereocenters. The van der Waals surface area contributed by atoms with Crippen LogP contribution in [0.1, 0.15) is 52.9 Å². The molecule has 0 aliphatic carbocycles. The summed E-state index contributed by atoms with van der Waals surface area (Å²) in [5.41, 5.74) is 0. The lowest BCUT2D eigenvalue weighted by Crippen LogP contribution is -2.34. The van der Waals surface area contributed by atoms with Gasteiger partial charge in [0.05, 0.1) is 0 Å². The third kappa shape index (κ3) is 8.34. The Bertz CT molecular complexity index is 202. The van der Waals surface area contributed by atoms with Crippen molar-refractivity contribution in [3.63, 3.8) is 0 Å². The first-order valence-corrected chi connectivity index (χ1v) is 7.35. The minimum Gasteiger partial charge on any atom is -0.465 e. The molecule has 18 heavy (non-hydrogen) atoms. The predicted octanol–water partition coefficient (Wildman–Crippen LogP) is 3.28. The minimum absolute atomic E-state index is 0.583. The van der Waals surface area contributed by atoms with E-state index < -0.39 is 6.09 Å². The van der Waals surface area contributed by atoms with E-state index in [2.05, 4.69) is 18.7 Å². The molecule has 4 nitrogen and oxygen atoms in total. The Hall–Kier alpha value is -0.770. The number of nitrogens with zero attached hydrogens (tertiary/aromatic N) is 2. The molecule has 108 valence electrons. The van der Waals surface area contributed by atoms with Crippen LogP contribution in [-0.4, -0.2) is 53.7 Å². The molecule has 0 radical (unpaired) electrons. The summed E-state index contributed by atoms with van der Waals surface area (Å²) in [5, 5.41) is 8.93. The van der Waals surface area contributed by atoms with Gasteiger partial charge in [0.25, 0.3) is 0 Å².